The molecule has 0 amide bonds. The number of fused-ring (bicyclic) bond motifs is 1. The Morgan fingerprint density at radius 2 is 1.70 bits per heavy atom. The smallest absolute Gasteiger partial charge is 0.0294 e. The van der Waals surface area contributed by atoms with Crippen LogP contribution in [0.2, 0.25) is 0 Å². The summed E-state index contributed by atoms with van der Waals surface area (Å²) < 4.78 is 0. The van der Waals surface area contributed by atoms with Crippen molar-refractivity contribution in [2.45, 2.75) is 71.4 Å². The molecule has 0 heterocycles. The molecular formula is C19H29N. The third-order valence-electron chi connectivity index (χ3n) is 5.48. The first-order chi connectivity index (χ1) is 9.63. The second-order valence-electron chi connectivity index (χ2n) is 7.30. The van der Waals surface area contributed by atoms with Gasteiger partial charge in [0.15, 0.2) is 0 Å². The Labute approximate surface area is 124 Å². The van der Waals surface area contributed by atoms with E-state index in [1.54, 1.807) is 11.1 Å². The van der Waals surface area contributed by atoms with Crippen molar-refractivity contribution in [2.75, 3.05) is 0 Å². The van der Waals surface area contributed by atoms with E-state index in [0.29, 0.717) is 6.04 Å². The van der Waals surface area contributed by atoms with Gasteiger partial charge in [0.25, 0.3) is 0 Å². The molecule has 0 aromatic heterocycles. The number of benzene rings is 1. The van der Waals surface area contributed by atoms with Crippen LogP contribution in [0.3, 0.4) is 0 Å². The van der Waals surface area contributed by atoms with Crippen molar-refractivity contribution in [2.24, 2.45) is 11.8 Å². The van der Waals surface area contributed by atoms with Gasteiger partial charge in [0.05, 0.1) is 0 Å². The normalized spacial score (nSPS) is 27.0. The highest BCUT2D eigenvalue weighted by molar-refractivity contribution is 5.35. The van der Waals surface area contributed by atoms with Crippen molar-refractivity contribution in [1.82, 2.24) is 5.32 Å². The van der Waals surface area contributed by atoms with Crippen LogP contribution in [-0.4, -0.2) is 6.04 Å². The summed E-state index contributed by atoms with van der Waals surface area (Å²) in [6.07, 6.45) is 8.06. The lowest BCUT2D eigenvalue weighted by atomic mass is 9.73. The van der Waals surface area contributed by atoms with Gasteiger partial charge in [0, 0.05) is 12.1 Å². The van der Waals surface area contributed by atoms with Gasteiger partial charge in [-0.1, -0.05) is 32.0 Å². The summed E-state index contributed by atoms with van der Waals surface area (Å²) in [6, 6.07) is 8.43. The molecule has 0 radical (unpaired) electrons. The Morgan fingerprint density at radius 1 is 1.00 bits per heavy atom. The largest absolute Gasteiger partial charge is 0.307 e. The van der Waals surface area contributed by atoms with Gasteiger partial charge in [-0.25, -0.2) is 0 Å². The van der Waals surface area contributed by atoms with E-state index in [1.165, 1.54) is 44.1 Å². The molecule has 0 aliphatic heterocycles. The van der Waals surface area contributed by atoms with Crippen LogP contribution < -0.4 is 5.32 Å². The average Bonchev–Trinajstić information content (AvgIpc) is 2.41. The molecule has 1 atom stereocenters. The SMILES string of the molecule is CC(NC1CC(C(C)C)C1)c1ccc2c(c1)CCCC2. The summed E-state index contributed by atoms with van der Waals surface area (Å²) >= 11 is 0. The molecule has 1 nitrogen and oxygen atoms in total. The Balaban J connectivity index is 1.59. The van der Waals surface area contributed by atoms with Gasteiger partial charge >= 0.3 is 0 Å². The first-order valence-corrected chi connectivity index (χ1v) is 8.51. The lowest BCUT2D eigenvalue weighted by Gasteiger charge is -2.40. The molecule has 110 valence electrons. The van der Waals surface area contributed by atoms with Crippen molar-refractivity contribution >= 4 is 0 Å². The summed E-state index contributed by atoms with van der Waals surface area (Å²) in [7, 11) is 0. The van der Waals surface area contributed by atoms with Crippen LogP contribution in [-0.2, 0) is 12.8 Å². The molecular weight excluding hydrogens is 242 g/mol. The predicted octanol–water partition coefficient (Wildman–Crippen LogP) is 4.65. The number of hydrogen-bond acceptors (Lipinski definition) is 1. The summed E-state index contributed by atoms with van der Waals surface area (Å²) in [5, 5.41) is 3.82. The van der Waals surface area contributed by atoms with E-state index < -0.39 is 0 Å². The number of hydrogen-bond donors (Lipinski definition) is 1. The zero-order valence-electron chi connectivity index (χ0n) is 13.3. The molecule has 2 aliphatic rings. The van der Waals surface area contributed by atoms with Crippen LogP contribution >= 0.6 is 0 Å². The Kier molecular flexibility index (Phi) is 4.16. The molecule has 1 aromatic carbocycles. The highest BCUT2D eigenvalue weighted by Crippen LogP contribution is 2.35. The highest BCUT2D eigenvalue weighted by Gasteiger charge is 2.31. The fraction of sp³-hybridized carbons (Fsp3) is 0.684. The van der Waals surface area contributed by atoms with Crippen LogP contribution in [0.5, 0.6) is 0 Å². The number of aryl methyl sites for hydroxylation is 2. The molecule has 3 rings (SSSR count). The topological polar surface area (TPSA) is 12.0 Å². The first-order valence-electron chi connectivity index (χ1n) is 8.51. The highest BCUT2D eigenvalue weighted by atomic mass is 15.0. The van der Waals surface area contributed by atoms with Crippen molar-refractivity contribution in [1.29, 1.82) is 0 Å². The standard InChI is InChI=1S/C19H29N/c1-13(2)18-11-19(12-18)20-14(3)16-9-8-15-6-4-5-7-17(15)10-16/h8-10,13-14,18-20H,4-7,11-12H2,1-3H3. The molecule has 0 spiro atoms. The van der Waals surface area contributed by atoms with Crippen LogP contribution in [0, 0.1) is 11.8 Å². The zero-order chi connectivity index (χ0) is 14.1. The summed E-state index contributed by atoms with van der Waals surface area (Å²) in [5.41, 5.74) is 4.69. The second kappa shape index (κ2) is 5.89. The third kappa shape index (κ3) is 2.93. The fourth-order valence-electron chi connectivity index (χ4n) is 3.81. The third-order valence-corrected chi connectivity index (χ3v) is 5.48. The molecule has 20 heavy (non-hydrogen) atoms. The molecule has 1 N–H and O–H groups in total. The maximum absolute atomic E-state index is 3.82. The first kappa shape index (κ1) is 14.1. The fourth-order valence-corrected chi connectivity index (χ4v) is 3.81. The Bertz CT molecular complexity index is 457. The molecule has 1 fully saturated rings. The van der Waals surface area contributed by atoms with Crippen molar-refractivity contribution in [3.8, 4) is 0 Å². The van der Waals surface area contributed by atoms with Crippen LogP contribution in [0.25, 0.3) is 0 Å². The van der Waals surface area contributed by atoms with Gasteiger partial charge in [-0.05, 0) is 74.0 Å². The van der Waals surface area contributed by atoms with Gasteiger partial charge in [-0.2, -0.15) is 0 Å². The van der Waals surface area contributed by atoms with Crippen molar-refractivity contribution in [3.05, 3.63) is 34.9 Å². The van der Waals surface area contributed by atoms with E-state index in [4.69, 9.17) is 0 Å². The quantitative estimate of drug-likeness (QED) is 0.840. The van der Waals surface area contributed by atoms with Crippen LogP contribution in [0.1, 0.15) is 69.2 Å². The predicted molar refractivity (Wildman–Crippen MR) is 86.0 cm³/mol. The average molecular weight is 271 g/mol. The van der Waals surface area contributed by atoms with E-state index in [2.05, 4.69) is 44.3 Å². The Hall–Kier alpha value is -0.820. The van der Waals surface area contributed by atoms with Crippen LogP contribution in [0.15, 0.2) is 18.2 Å². The summed E-state index contributed by atoms with van der Waals surface area (Å²) in [6.45, 7) is 7.04. The molecule has 1 saturated carbocycles. The van der Waals surface area contributed by atoms with E-state index >= 15 is 0 Å². The molecule has 1 aromatic rings. The maximum atomic E-state index is 3.82. The minimum Gasteiger partial charge on any atom is -0.307 e. The lowest BCUT2D eigenvalue weighted by Crippen LogP contribution is -2.44. The monoisotopic (exact) mass is 271 g/mol. The minimum atomic E-state index is 0.500. The zero-order valence-corrected chi connectivity index (χ0v) is 13.3. The van der Waals surface area contributed by atoms with E-state index in [1.807, 2.05) is 0 Å². The lowest BCUT2D eigenvalue weighted by molar-refractivity contribution is 0.159. The van der Waals surface area contributed by atoms with E-state index in [-0.39, 0.29) is 0 Å². The van der Waals surface area contributed by atoms with Crippen molar-refractivity contribution in [3.63, 3.8) is 0 Å². The molecule has 1 unspecified atom stereocenters. The molecule has 0 saturated heterocycles. The van der Waals surface area contributed by atoms with Gasteiger partial charge < -0.3 is 5.32 Å². The minimum absolute atomic E-state index is 0.500. The van der Waals surface area contributed by atoms with Gasteiger partial charge in [0.1, 0.15) is 0 Å². The summed E-state index contributed by atoms with van der Waals surface area (Å²) in [4.78, 5) is 0. The van der Waals surface area contributed by atoms with Gasteiger partial charge in [0.2, 0.25) is 0 Å². The van der Waals surface area contributed by atoms with E-state index in [0.717, 1.165) is 17.9 Å². The van der Waals surface area contributed by atoms with Gasteiger partial charge in [-0.15, -0.1) is 0 Å². The van der Waals surface area contributed by atoms with Gasteiger partial charge in [-0.3, -0.25) is 0 Å². The Morgan fingerprint density at radius 3 is 2.40 bits per heavy atom. The molecule has 1 heteroatoms. The van der Waals surface area contributed by atoms with Crippen LogP contribution in [0.4, 0.5) is 0 Å². The number of nitrogens with one attached hydrogen (secondary N) is 1. The summed E-state index contributed by atoms with van der Waals surface area (Å²) in [5.74, 6) is 1.80. The van der Waals surface area contributed by atoms with E-state index in [9.17, 15) is 0 Å². The number of rotatable bonds is 4. The second-order valence-corrected chi connectivity index (χ2v) is 7.30. The molecule has 0 bridgehead atoms. The molecule has 2 aliphatic carbocycles. The maximum Gasteiger partial charge on any atom is 0.0294 e. The van der Waals surface area contributed by atoms with Crippen molar-refractivity contribution < 1.29 is 0 Å².